The standard InChI is InChI=1S/C24H21NO3S/c1-16-3-11-23(17(2)13-16)29-20-8-6-19(7-9-20)25-24(26)12-5-18-4-10-21-22(14-18)28-15-27-21/h3-14H,15H2,1-2H3,(H,25,26). The van der Waals surface area contributed by atoms with Gasteiger partial charge in [0.25, 0.3) is 0 Å². The molecule has 1 aliphatic heterocycles. The lowest BCUT2D eigenvalue weighted by Crippen LogP contribution is -2.07. The molecule has 0 saturated heterocycles. The van der Waals surface area contributed by atoms with Crippen molar-refractivity contribution in [3.05, 3.63) is 83.4 Å². The van der Waals surface area contributed by atoms with E-state index in [0.717, 1.165) is 21.9 Å². The molecule has 1 heterocycles. The maximum Gasteiger partial charge on any atom is 0.248 e. The third kappa shape index (κ3) is 4.81. The van der Waals surface area contributed by atoms with Crippen LogP contribution in [0.1, 0.15) is 16.7 Å². The second-order valence-corrected chi connectivity index (χ2v) is 7.95. The smallest absolute Gasteiger partial charge is 0.248 e. The number of aryl methyl sites for hydroxylation is 2. The van der Waals surface area contributed by atoms with Crippen LogP contribution in [0.4, 0.5) is 5.69 Å². The highest BCUT2D eigenvalue weighted by atomic mass is 32.2. The van der Waals surface area contributed by atoms with Crippen molar-refractivity contribution in [3.8, 4) is 11.5 Å². The van der Waals surface area contributed by atoms with Gasteiger partial charge in [0.2, 0.25) is 12.7 Å². The van der Waals surface area contributed by atoms with Crippen molar-refractivity contribution in [2.75, 3.05) is 12.1 Å². The van der Waals surface area contributed by atoms with Gasteiger partial charge in [-0.2, -0.15) is 0 Å². The molecule has 0 saturated carbocycles. The molecule has 0 atom stereocenters. The Morgan fingerprint density at radius 3 is 2.55 bits per heavy atom. The predicted molar refractivity (Wildman–Crippen MR) is 117 cm³/mol. The van der Waals surface area contributed by atoms with E-state index in [1.54, 1.807) is 17.8 Å². The normalized spacial score (nSPS) is 12.3. The van der Waals surface area contributed by atoms with Crippen molar-refractivity contribution < 1.29 is 14.3 Å². The van der Waals surface area contributed by atoms with Crippen LogP contribution in [0.3, 0.4) is 0 Å². The molecular weight excluding hydrogens is 382 g/mol. The summed E-state index contributed by atoms with van der Waals surface area (Å²) in [6.07, 6.45) is 3.26. The van der Waals surface area contributed by atoms with E-state index >= 15 is 0 Å². The molecule has 0 aliphatic carbocycles. The fraction of sp³-hybridized carbons (Fsp3) is 0.125. The summed E-state index contributed by atoms with van der Waals surface area (Å²) in [5, 5.41) is 2.88. The molecule has 4 rings (SSSR count). The van der Waals surface area contributed by atoms with Crippen molar-refractivity contribution in [2.24, 2.45) is 0 Å². The van der Waals surface area contributed by atoms with E-state index in [1.807, 2.05) is 42.5 Å². The van der Waals surface area contributed by atoms with Crippen LogP contribution in [-0.4, -0.2) is 12.7 Å². The van der Waals surface area contributed by atoms with Crippen LogP contribution in [0.15, 0.2) is 76.5 Å². The number of amides is 1. The molecule has 5 heteroatoms. The van der Waals surface area contributed by atoms with Crippen LogP contribution in [-0.2, 0) is 4.79 Å². The van der Waals surface area contributed by atoms with Crippen molar-refractivity contribution >= 4 is 29.4 Å². The zero-order valence-electron chi connectivity index (χ0n) is 16.3. The number of carbonyl (C=O) groups excluding carboxylic acids is 1. The van der Waals surface area contributed by atoms with Crippen molar-refractivity contribution in [2.45, 2.75) is 23.6 Å². The summed E-state index contributed by atoms with van der Waals surface area (Å²) in [7, 11) is 0. The number of anilines is 1. The van der Waals surface area contributed by atoms with E-state index < -0.39 is 0 Å². The van der Waals surface area contributed by atoms with Crippen molar-refractivity contribution in [3.63, 3.8) is 0 Å². The molecule has 0 aromatic heterocycles. The number of rotatable bonds is 5. The third-order valence-corrected chi connectivity index (χ3v) is 5.69. The highest BCUT2D eigenvalue weighted by Gasteiger charge is 2.12. The van der Waals surface area contributed by atoms with Gasteiger partial charge in [0.1, 0.15) is 0 Å². The average molecular weight is 404 g/mol. The largest absolute Gasteiger partial charge is 0.454 e. The minimum absolute atomic E-state index is 0.183. The number of nitrogens with one attached hydrogen (secondary N) is 1. The van der Waals surface area contributed by atoms with Crippen LogP contribution in [0.25, 0.3) is 6.08 Å². The summed E-state index contributed by atoms with van der Waals surface area (Å²) in [5.74, 6) is 1.24. The predicted octanol–water partition coefficient (Wildman–Crippen LogP) is 5.84. The number of carbonyl (C=O) groups is 1. The number of ether oxygens (including phenoxy) is 2. The number of fused-ring (bicyclic) bond motifs is 1. The first-order valence-electron chi connectivity index (χ1n) is 9.31. The van der Waals surface area contributed by atoms with Crippen LogP contribution >= 0.6 is 11.8 Å². The second-order valence-electron chi connectivity index (χ2n) is 6.83. The Labute approximate surface area is 174 Å². The molecule has 0 unspecified atom stereocenters. The van der Waals surface area contributed by atoms with Crippen LogP contribution in [0.5, 0.6) is 11.5 Å². The first kappa shape index (κ1) is 19.2. The molecule has 3 aromatic rings. The molecule has 1 N–H and O–H groups in total. The van der Waals surface area contributed by atoms with E-state index in [1.165, 1.54) is 22.1 Å². The Morgan fingerprint density at radius 2 is 1.76 bits per heavy atom. The van der Waals surface area contributed by atoms with Gasteiger partial charge in [-0.1, -0.05) is 35.5 Å². The molecule has 0 bridgehead atoms. The Balaban J connectivity index is 1.36. The summed E-state index contributed by atoms with van der Waals surface area (Å²) in [6.45, 7) is 4.46. The minimum Gasteiger partial charge on any atom is -0.454 e. The zero-order chi connectivity index (χ0) is 20.2. The first-order valence-corrected chi connectivity index (χ1v) is 10.1. The molecule has 0 fully saturated rings. The molecule has 146 valence electrons. The molecule has 0 radical (unpaired) electrons. The summed E-state index contributed by atoms with van der Waals surface area (Å²) in [5.41, 5.74) is 4.17. The highest BCUT2D eigenvalue weighted by molar-refractivity contribution is 7.99. The van der Waals surface area contributed by atoms with Gasteiger partial charge in [-0.15, -0.1) is 0 Å². The Bertz CT molecular complexity index is 1070. The number of hydrogen-bond donors (Lipinski definition) is 1. The number of benzene rings is 3. The van der Waals surface area contributed by atoms with Gasteiger partial charge < -0.3 is 14.8 Å². The first-order chi connectivity index (χ1) is 14.1. The summed E-state index contributed by atoms with van der Waals surface area (Å²) < 4.78 is 10.6. The Hall–Kier alpha value is -3.18. The summed E-state index contributed by atoms with van der Waals surface area (Å²) >= 11 is 1.72. The monoisotopic (exact) mass is 403 g/mol. The Morgan fingerprint density at radius 1 is 0.966 bits per heavy atom. The van der Waals surface area contributed by atoms with E-state index in [4.69, 9.17) is 9.47 Å². The zero-order valence-corrected chi connectivity index (χ0v) is 17.1. The van der Waals surface area contributed by atoms with Crippen molar-refractivity contribution in [1.29, 1.82) is 0 Å². The highest BCUT2D eigenvalue weighted by Crippen LogP contribution is 2.33. The van der Waals surface area contributed by atoms with Crippen LogP contribution in [0, 0.1) is 13.8 Å². The fourth-order valence-electron chi connectivity index (χ4n) is 3.02. The lowest BCUT2D eigenvalue weighted by atomic mass is 10.2. The van der Waals surface area contributed by atoms with Gasteiger partial charge in [-0.3, -0.25) is 4.79 Å². The minimum atomic E-state index is -0.183. The molecule has 1 amide bonds. The molecule has 1 aliphatic rings. The van der Waals surface area contributed by atoms with Gasteiger partial charge >= 0.3 is 0 Å². The lowest BCUT2D eigenvalue weighted by Gasteiger charge is -2.08. The van der Waals surface area contributed by atoms with E-state index in [9.17, 15) is 4.79 Å². The summed E-state index contributed by atoms with van der Waals surface area (Å²) in [6, 6.07) is 19.9. The molecule has 4 nitrogen and oxygen atoms in total. The van der Waals surface area contributed by atoms with Gasteiger partial charge in [0.05, 0.1) is 0 Å². The average Bonchev–Trinajstić information content (AvgIpc) is 3.18. The third-order valence-electron chi connectivity index (χ3n) is 4.50. The molecule has 0 spiro atoms. The maximum absolute atomic E-state index is 12.2. The molecule has 29 heavy (non-hydrogen) atoms. The summed E-state index contributed by atoms with van der Waals surface area (Å²) in [4.78, 5) is 14.6. The van der Waals surface area contributed by atoms with Gasteiger partial charge in [0, 0.05) is 21.6 Å². The maximum atomic E-state index is 12.2. The van der Waals surface area contributed by atoms with Gasteiger partial charge in [-0.25, -0.2) is 0 Å². The van der Waals surface area contributed by atoms with E-state index in [2.05, 4.69) is 37.4 Å². The van der Waals surface area contributed by atoms with Gasteiger partial charge in [0.15, 0.2) is 11.5 Å². The Kier molecular flexibility index (Phi) is 5.58. The topological polar surface area (TPSA) is 47.6 Å². The second kappa shape index (κ2) is 8.45. The van der Waals surface area contributed by atoms with Gasteiger partial charge in [-0.05, 0) is 73.5 Å². The number of hydrogen-bond acceptors (Lipinski definition) is 4. The molecule has 3 aromatic carbocycles. The SMILES string of the molecule is Cc1ccc(Sc2ccc(NC(=O)C=Cc3ccc4c(c3)OCO4)cc2)c(C)c1. The van der Waals surface area contributed by atoms with E-state index in [0.29, 0.717) is 5.75 Å². The molecular formula is C24H21NO3S. The van der Waals surface area contributed by atoms with Crippen LogP contribution < -0.4 is 14.8 Å². The lowest BCUT2D eigenvalue weighted by molar-refractivity contribution is -0.111. The fourth-order valence-corrected chi connectivity index (χ4v) is 3.90. The quantitative estimate of drug-likeness (QED) is 0.544. The van der Waals surface area contributed by atoms with Crippen LogP contribution in [0.2, 0.25) is 0 Å². The van der Waals surface area contributed by atoms with E-state index in [-0.39, 0.29) is 12.7 Å². The van der Waals surface area contributed by atoms with Crippen molar-refractivity contribution in [1.82, 2.24) is 0 Å².